The van der Waals surface area contributed by atoms with Crippen LogP contribution in [0, 0.1) is 0 Å². The Kier molecular flexibility index (Phi) is 5.12. The number of rotatable bonds is 6. The molecular weight excluding hydrogens is 364 g/mol. The average molecular weight is 383 g/mol. The van der Waals surface area contributed by atoms with Crippen molar-refractivity contribution >= 4 is 6.16 Å². The summed E-state index contributed by atoms with van der Waals surface area (Å²) in [5.74, 6) is 0.478. The molecule has 5 heteroatoms. The van der Waals surface area contributed by atoms with Gasteiger partial charge in [-0.2, -0.15) is 0 Å². The van der Waals surface area contributed by atoms with Crippen molar-refractivity contribution in [1.82, 2.24) is 9.55 Å². The first-order valence-electron chi connectivity index (χ1n) is 9.26. The Bertz CT molecular complexity index is 980. The Hall–Kier alpha value is -3.86. The third-order valence-corrected chi connectivity index (χ3v) is 4.97. The van der Waals surface area contributed by atoms with Crippen molar-refractivity contribution in [1.29, 1.82) is 0 Å². The minimum absolute atomic E-state index is 0.205. The highest BCUT2D eigenvalue weighted by molar-refractivity contribution is 5.54. The zero-order chi connectivity index (χ0) is 20.1. The van der Waals surface area contributed by atoms with E-state index >= 15 is 0 Å². The number of benzene rings is 3. The van der Waals surface area contributed by atoms with Crippen molar-refractivity contribution in [3.8, 4) is 0 Å². The van der Waals surface area contributed by atoms with Gasteiger partial charge < -0.3 is 19.2 Å². The molecule has 1 heterocycles. The Morgan fingerprint density at radius 1 is 0.828 bits per heavy atom. The van der Waals surface area contributed by atoms with Gasteiger partial charge in [0.1, 0.15) is 11.4 Å². The molecule has 144 valence electrons. The highest BCUT2D eigenvalue weighted by Gasteiger charge is 2.39. The van der Waals surface area contributed by atoms with Gasteiger partial charge in [-0.15, -0.1) is 0 Å². The summed E-state index contributed by atoms with van der Waals surface area (Å²) < 4.78 is 6.72. The number of carbonyl (C=O) groups excluding carboxylic acids is 1. The highest BCUT2D eigenvalue weighted by Crippen LogP contribution is 2.41. The smallest absolute Gasteiger partial charge is 0.252 e. The molecule has 0 aliphatic heterocycles. The van der Waals surface area contributed by atoms with Crippen molar-refractivity contribution in [2.75, 3.05) is 0 Å². The molecular formula is C24H19N2O3-. The van der Waals surface area contributed by atoms with Crippen LogP contribution in [-0.2, 0) is 16.9 Å². The second-order valence-electron chi connectivity index (χ2n) is 6.56. The SMILES string of the molecule is O=C([O-])OCc1nccn1C(c1ccccc1)(c1ccccc1)c1ccccc1. The summed E-state index contributed by atoms with van der Waals surface area (Å²) in [5, 5.41) is 10.9. The number of hydrogen-bond donors (Lipinski definition) is 0. The molecule has 0 spiro atoms. The maximum Gasteiger partial charge on any atom is 0.252 e. The largest absolute Gasteiger partial charge is 0.542 e. The molecule has 0 amide bonds. The van der Waals surface area contributed by atoms with Crippen LogP contribution >= 0.6 is 0 Å². The number of hydrogen-bond acceptors (Lipinski definition) is 4. The van der Waals surface area contributed by atoms with E-state index in [1.54, 1.807) is 6.20 Å². The number of ether oxygens (including phenoxy) is 1. The highest BCUT2D eigenvalue weighted by atomic mass is 16.7. The lowest BCUT2D eigenvalue weighted by atomic mass is 9.76. The van der Waals surface area contributed by atoms with Crippen LogP contribution in [0.1, 0.15) is 22.5 Å². The molecule has 0 saturated carbocycles. The lowest BCUT2D eigenvalue weighted by molar-refractivity contribution is -0.284. The van der Waals surface area contributed by atoms with E-state index < -0.39 is 11.7 Å². The van der Waals surface area contributed by atoms with Gasteiger partial charge in [-0.25, -0.2) is 4.98 Å². The van der Waals surface area contributed by atoms with E-state index in [9.17, 15) is 9.90 Å². The van der Waals surface area contributed by atoms with Crippen LogP contribution in [0.25, 0.3) is 0 Å². The lowest BCUT2D eigenvalue weighted by Gasteiger charge is -2.38. The second kappa shape index (κ2) is 8.02. The first-order valence-corrected chi connectivity index (χ1v) is 9.26. The standard InChI is InChI=1S/C24H20N2O3/c27-23(28)29-18-22-25-16-17-26(22)24(19-10-4-1-5-11-19,20-12-6-2-7-13-20)21-14-8-3-9-15-21/h1-17H,18H2,(H,27,28)/p-1. The third kappa shape index (κ3) is 3.38. The van der Waals surface area contributed by atoms with Gasteiger partial charge in [0.15, 0.2) is 0 Å². The average Bonchev–Trinajstić information content (AvgIpc) is 3.24. The molecule has 4 rings (SSSR count). The normalized spacial score (nSPS) is 11.2. The summed E-state index contributed by atoms with van der Waals surface area (Å²) in [7, 11) is 0. The Labute approximate surface area is 168 Å². The number of imidazole rings is 1. The molecule has 0 atom stereocenters. The predicted molar refractivity (Wildman–Crippen MR) is 107 cm³/mol. The van der Waals surface area contributed by atoms with Gasteiger partial charge in [-0.1, -0.05) is 91.0 Å². The molecule has 0 bridgehead atoms. The summed E-state index contributed by atoms with van der Waals surface area (Å²) >= 11 is 0. The molecule has 29 heavy (non-hydrogen) atoms. The molecule has 5 nitrogen and oxygen atoms in total. The number of carboxylic acid groups (broad SMARTS) is 1. The van der Waals surface area contributed by atoms with Crippen LogP contribution < -0.4 is 5.11 Å². The maximum absolute atomic E-state index is 10.9. The van der Waals surface area contributed by atoms with Crippen molar-refractivity contribution < 1.29 is 14.6 Å². The topological polar surface area (TPSA) is 67.2 Å². The van der Waals surface area contributed by atoms with Crippen LogP contribution in [0.5, 0.6) is 0 Å². The van der Waals surface area contributed by atoms with E-state index in [1.165, 1.54) is 0 Å². The Morgan fingerprint density at radius 3 is 1.69 bits per heavy atom. The minimum Gasteiger partial charge on any atom is -0.542 e. The fraction of sp³-hybridized carbons (Fsp3) is 0.0833. The molecule has 0 fully saturated rings. The molecule has 0 N–H and O–H groups in total. The zero-order valence-electron chi connectivity index (χ0n) is 15.6. The number of aromatic nitrogens is 2. The summed E-state index contributed by atoms with van der Waals surface area (Å²) in [6.07, 6.45) is 1.92. The second-order valence-corrected chi connectivity index (χ2v) is 6.56. The van der Waals surface area contributed by atoms with E-state index in [4.69, 9.17) is 4.74 Å². The van der Waals surface area contributed by atoms with E-state index in [0.717, 1.165) is 16.7 Å². The van der Waals surface area contributed by atoms with Crippen molar-refractivity contribution in [2.45, 2.75) is 12.1 Å². The van der Waals surface area contributed by atoms with Crippen molar-refractivity contribution in [2.24, 2.45) is 0 Å². The van der Waals surface area contributed by atoms with Gasteiger partial charge in [-0.3, -0.25) is 0 Å². The molecule has 4 aromatic rings. The van der Waals surface area contributed by atoms with E-state index in [-0.39, 0.29) is 6.61 Å². The van der Waals surface area contributed by atoms with E-state index in [1.807, 2.05) is 65.4 Å². The Balaban J connectivity index is 2.05. The fourth-order valence-corrected chi connectivity index (χ4v) is 3.83. The molecule has 3 aromatic carbocycles. The molecule has 0 aliphatic carbocycles. The summed E-state index contributed by atoms with van der Waals surface area (Å²) in [5.41, 5.74) is 2.30. The third-order valence-electron chi connectivity index (χ3n) is 4.97. The Morgan fingerprint density at radius 2 is 1.28 bits per heavy atom. The van der Waals surface area contributed by atoms with E-state index in [0.29, 0.717) is 5.82 Å². The van der Waals surface area contributed by atoms with Gasteiger partial charge >= 0.3 is 0 Å². The molecule has 0 saturated heterocycles. The van der Waals surface area contributed by atoms with E-state index in [2.05, 4.69) is 41.4 Å². The van der Waals surface area contributed by atoms with Gasteiger partial charge in [0.05, 0.1) is 6.61 Å². The van der Waals surface area contributed by atoms with Gasteiger partial charge in [0.2, 0.25) is 0 Å². The molecule has 0 radical (unpaired) electrons. The van der Waals surface area contributed by atoms with Crippen molar-refractivity contribution in [3.05, 3.63) is 126 Å². The van der Waals surface area contributed by atoms with Crippen LogP contribution in [-0.4, -0.2) is 15.7 Å². The quantitative estimate of drug-likeness (QED) is 0.377. The van der Waals surface area contributed by atoms with Crippen LogP contribution in [0.15, 0.2) is 103 Å². The summed E-state index contributed by atoms with van der Waals surface area (Å²) in [6, 6.07) is 30.2. The maximum atomic E-state index is 10.9. The molecule has 0 aliphatic rings. The first-order chi connectivity index (χ1) is 14.2. The molecule has 0 unspecified atom stereocenters. The van der Waals surface area contributed by atoms with Crippen LogP contribution in [0.3, 0.4) is 0 Å². The fourth-order valence-electron chi connectivity index (χ4n) is 3.83. The van der Waals surface area contributed by atoms with Gasteiger partial charge in [0, 0.05) is 12.4 Å². The summed E-state index contributed by atoms with van der Waals surface area (Å²) in [6.45, 7) is -0.205. The monoisotopic (exact) mass is 383 g/mol. The number of nitrogens with zero attached hydrogens (tertiary/aromatic N) is 2. The van der Waals surface area contributed by atoms with Crippen molar-refractivity contribution in [3.63, 3.8) is 0 Å². The summed E-state index contributed by atoms with van der Waals surface area (Å²) in [4.78, 5) is 15.3. The minimum atomic E-state index is -1.58. The van der Waals surface area contributed by atoms with Crippen LogP contribution in [0.4, 0.5) is 4.79 Å². The first kappa shape index (κ1) is 18.5. The van der Waals surface area contributed by atoms with Gasteiger partial charge in [0.25, 0.3) is 6.16 Å². The molecule has 1 aromatic heterocycles. The predicted octanol–water partition coefficient (Wildman–Crippen LogP) is 3.58. The van der Waals surface area contributed by atoms with Gasteiger partial charge in [-0.05, 0) is 16.7 Å². The van der Waals surface area contributed by atoms with Crippen LogP contribution in [0.2, 0.25) is 0 Å². The lowest BCUT2D eigenvalue weighted by Crippen LogP contribution is -2.39. The zero-order valence-corrected chi connectivity index (χ0v) is 15.6. The number of carbonyl (C=O) groups is 1.